The maximum Gasteiger partial charge on any atom is 0.191 e. The van der Waals surface area contributed by atoms with Crippen molar-refractivity contribution in [1.29, 1.82) is 0 Å². The van der Waals surface area contributed by atoms with E-state index >= 15 is 0 Å². The second kappa shape index (κ2) is 9.35. The summed E-state index contributed by atoms with van der Waals surface area (Å²) in [4.78, 5) is 10.9. The number of unbranched alkanes of at least 4 members (excludes halogenated alkanes) is 1. The molecule has 0 saturated heterocycles. The highest BCUT2D eigenvalue weighted by atomic mass is 32.2. The molecule has 0 fully saturated rings. The van der Waals surface area contributed by atoms with Gasteiger partial charge in [-0.2, -0.15) is 0 Å². The van der Waals surface area contributed by atoms with Gasteiger partial charge in [-0.05, 0) is 25.5 Å². The Morgan fingerprint density at radius 1 is 1.26 bits per heavy atom. The molecule has 0 spiro atoms. The minimum atomic E-state index is 0.524. The number of aromatic nitrogens is 3. The lowest BCUT2D eigenvalue weighted by molar-refractivity contribution is 0.112. The molecule has 124 valence electrons. The first-order valence-corrected chi connectivity index (χ1v) is 9.00. The van der Waals surface area contributed by atoms with Crippen LogP contribution in [0.3, 0.4) is 0 Å². The van der Waals surface area contributed by atoms with Crippen molar-refractivity contribution < 1.29 is 9.53 Å². The van der Waals surface area contributed by atoms with Crippen molar-refractivity contribution in [3.63, 3.8) is 0 Å². The summed E-state index contributed by atoms with van der Waals surface area (Å²) >= 11 is 1.63. The quantitative estimate of drug-likeness (QED) is 0.377. The Bertz CT molecular complexity index is 628. The average Bonchev–Trinajstić information content (AvgIpc) is 2.99. The summed E-state index contributed by atoms with van der Waals surface area (Å²) in [5.41, 5.74) is 0.580. The van der Waals surface area contributed by atoms with Gasteiger partial charge in [0.2, 0.25) is 0 Å². The van der Waals surface area contributed by atoms with Crippen LogP contribution in [0, 0.1) is 0 Å². The SMILES string of the molecule is CCCCc1nnc(SCCOc2ccccc2C=O)n1CC. The minimum Gasteiger partial charge on any atom is -0.492 e. The highest BCUT2D eigenvalue weighted by Gasteiger charge is 2.10. The lowest BCUT2D eigenvalue weighted by Crippen LogP contribution is -2.06. The van der Waals surface area contributed by atoms with E-state index in [0.717, 1.165) is 48.8 Å². The number of rotatable bonds is 10. The van der Waals surface area contributed by atoms with Gasteiger partial charge in [0, 0.05) is 18.7 Å². The average molecular weight is 333 g/mol. The zero-order valence-corrected chi connectivity index (χ0v) is 14.5. The number of benzene rings is 1. The summed E-state index contributed by atoms with van der Waals surface area (Å²) in [5, 5.41) is 9.51. The molecule has 2 rings (SSSR count). The van der Waals surface area contributed by atoms with Crippen molar-refractivity contribution in [3.8, 4) is 5.75 Å². The third-order valence-electron chi connectivity index (χ3n) is 3.48. The molecule has 0 radical (unpaired) electrons. The van der Waals surface area contributed by atoms with Crippen LogP contribution in [0.2, 0.25) is 0 Å². The van der Waals surface area contributed by atoms with E-state index in [4.69, 9.17) is 4.74 Å². The number of ether oxygens (including phenoxy) is 1. The summed E-state index contributed by atoms with van der Waals surface area (Å²) in [6.45, 7) is 5.69. The highest BCUT2D eigenvalue weighted by Crippen LogP contribution is 2.20. The van der Waals surface area contributed by atoms with Crippen LogP contribution in [0.15, 0.2) is 29.4 Å². The van der Waals surface area contributed by atoms with Crippen molar-refractivity contribution >= 4 is 18.0 Å². The minimum absolute atomic E-state index is 0.524. The molecule has 1 aromatic carbocycles. The molecule has 2 aromatic rings. The lowest BCUT2D eigenvalue weighted by Gasteiger charge is -2.09. The van der Waals surface area contributed by atoms with Crippen molar-refractivity contribution in [2.75, 3.05) is 12.4 Å². The number of carbonyl (C=O) groups excluding carboxylic acids is 1. The third kappa shape index (κ3) is 4.82. The molecule has 6 heteroatoms. The Balaban J connectivity index is 1.86. The molecule has 0 unspecified atom stereocenters. The van der Waals surface area contributed by atoms with Gasteiger partial charge in [0.05, 0.1) is 12.2 Å². The van der Waals surface area contributed by atoms with Crippen LogP contribution in [0.4, 0.5) is 0 Å². The van der Waals surface area contributed by atoms with Crippen LogP contribution in [-0.4, -0.2) is 33.4 Å². The third-order valence-corrected chi connectivity index (χ3v) is 4.41. The standard InChI is InChI=1S/C17H23N3O2S/c1-3-5-10-16-18-19-17(20(16)4-2)23-12-11-22-15-9-7-6-8-14(15)13-21/h6-9,13H,3-5,10-12H2,1-2H3. The molecule has 5 nitrogen and oxygen atoms in total. The van der Waals surface area contributed by atoms with Crippen LogP contribution >= 0.6 is 11.8 Å². The van der Waals surface area contributed by atoms with Crippen LogP contribution < -0.4 is 4.74 Å². The van der Waals surface area contributed by atoms with E-state index < -0.39 is 0 Å². The number of nitrogens with zero attached hydrogens (tertiary/aromatic N) is 3. The Hall–Kier alpha value is -1.82. The van der Waals surface area contributed by atoms with Crippen LogP contribution in [0.25, 0.3) is 0 Å². The predicted octanol–water partition coefficient (Wildman–Crippen LogP) is 3.62. The molecule has 0 atom stereocenters. The van der Waals surface area contributed by atoms with Gasteiger partial charge < -0.3 is 9.30 Å². The second-order valence-electron chi connectivity index (χ2n) is 5.10. The zero-order chi connectivity index (χ0) is 16.5. The van der Waals surface area contributed by atoms with E-state index in [1.54, 1.807) is 17.8 Å². The molecule has 0 saturated carbocycles. The van der Waals surface area contributed by atoms with Gasteiger partial charge in [-0.15, -0.1) is 10.2 Å². The van der Waals surface area contributed by atoms with Crippen LogP contribution in [-0.2, 0) is 13.0 Å². The van der Waals surface area contributed by atoms with E-state index in [1.807, 2.05) is 18.2 Å². The molecule has 1 aromatic heterocycles. The fourth-order valence-corrected chi connectivity index (χ4v) is 3.10. The van der Waals surface area contributed by atoms with Crippen molar-refractivity contribution in [1.82, 2.24) is 14.8 Å². The second-order valence-corrected chi connectivity index (χ2v) is 6.16. The Morgan fingerprint density at radius 3 is 2.83 bits per heavy atom. The van der Waals surface area contributed by atoms with Crippen LogP contribution in [0.5, 0.6) is 5.75 Å². The Morgan fingerprint density at radius 2 is 2.09 bits per heavy atom. The zero-order valence-electron chi connectivity index (χ0n) is 13.7. The lowest BCUT2D eigenvalue weighted by atomic mass is 10.2. The van der Waals surface area contributed by atoms with E-state index in [-0.39, 0.29) is 0 Å². The summed E-state index contributed by atoms with van der Waals surface area (Å²) in [7, 11) is 0. The first-order valence-electron chi connectivity index (χ1n) is 8.02. The van der Waals surface area contributed by atoms with Gasteiger partial charge in [0.1, 0.15) is 11.6 Å². The molecular formula is C17H23N3O2S. The van der Waals surface area contributed by atoms with Gasteiger partial charge in [-0.25, -0.2) is 0 Å². The topological polar surface area (TPSA) is 57.0 Å². The molecule has 0 aliphatic carbocycles. The molecule has 0 amide bonds. The monoisotopic (exact) mass is 333 g/mol. The summed E-state index contributed by atoms with van der Waals surface area (Å²) in [6, 6.07) is 7.26. The van der Waals surface area contributed by atoms with Gasteiger partial charge in [-0.3, -0.25) is 4.79 Å². The van der Waals surface area contributed by atoms with Crippen LogP contribution in [0.1, 0.15) is 42.9 Å². The molecule has 23 heavy (non-hydrogen) atoms. The molecular weight excluding hydrogens is 310 g/mol. The molecule has 0 bridgehead atoms. The summed E-state index contributed by atoms with van der Waals surface area (Å²) < 4.78 is 7.85. The molecule has 0 aliphatic rings. The van der Waals surface area contributed by atoms with Crippen molar-refractivity contribution in [2.45, 2.75) is 44.8 Å². The van der Waals surface area contributed by atoms with E-state index in [0.29, 0.717) is 17.9 Å². The molecule has 0 N–H and O–H groups in total. The number of thioether (sulfide) groups is 1. The predicted molar refractivity (Wildman–Crippen MR) is 92.4 cm³/mol. The first kappa shape index (κ1) is 17.5. The maximum absolute atomic E-state index is 10.9. The largest absolute Gasteiger partial charge is 0.492 e. The molecule has 1 heterocycles. The summed E-state index contributed by atoms with van der Waals surface area (Å²) in [6.07, 6.45) is 4.08. The fourth-order valence-electron chi connectivity index (χ4n) is 2.26. The van der Waals surface area contributed by atoms with Gasteiger partial charge in [0.25, 0.3) is 0 Å². The van der Waals surface area contributed by atoms with Gasteiger partial charge in [0.15, 0.2) is 11.4 Å². The normalized spacial score (nSPS) is 10.7. The molecule has 0 aliphatic heterocycles. The Kier molecular flexibility index (Phi) is 7.13. The fraction of sp³-hybridized carbons (Fsp3) is 0.471. The number of para-hydroxylation sites is 1. The number of aryl methyl sites for hydroxylation is 1. The maximum atomic E-state index is 10.9. The number of hydrogen-bond acceptors (Lipinski definition) is 5. The smallest absolute Gasteiger partial charge is 0.191 e. The van der Waals surface area contributed by atoms with Gasteiger partial charge >= 0.3 is 0 Å². The van der Waals surface area contributed by atoms with Crippen molar-refractivity contribution in [2.24, 2.45) is 0 Å². The first-order chi connectivity index (χ1) is 11.3. The summed E-state index contributed by atoms with van der Waals surface area (Å²) in [5.74, 6) is 2.45. The van der Waals surface area contributed by atoms with E-state index in [2.05, 4.69) is 28.6 Å². The van der Waals surface area contributed by atoms with Crippen molar-refractivity contribution in [3.05, 3.63) is 35.7 Å². The Labute approximate surface area is 141 Å². The highest BCUT2D eigenvalue weighted by molar-refractivity contribution is 7.99. The van der Waals surface area contributed by atoms with E-state index in [9.17, 15) is 4.79 Å². The number of aldehydes is 1. The number of carbonyl (C=O) groups is 1. The van der Waals surface area contributed by atoms with Gasteiger partial charge in [-0.1, -0.05) is 37.2 Å². The van der Waals surface area contributed by atoms with E-state index in [1.165, 1.54) is 0 Å². The number of hydrogen-bond donors (Lipinski definition) is 0.